The Morgan fingerprint density at radius 1 is 1.18 bits per heavy atom. The number of methoxy groups -OCH3 is 1. The maximum atomic E-state index is 15.6. The minimum Gasteiger partial charge on any atom is -0.497 e. The lowest BCUT2D eigenvalue weighted by Crippen LogP contribution is -2.50. The summed E-state index contributed by atoms with van der Waals surface area (Å²) in [7, 11) is 1.63. The first-order chi connectivity index (χ1) is 24.0. The van der Waals surface area contributed by atoms with Crippen molar-refractivity contribution in [2.75, 3.05) is 59.7 Å². The molecule has 0 aromatic rings. The molecular formula is C36H46F2N6O5. The van der Waals surface area contributed by atoms with Crippen LogP contribution >= 0.6 is 0 Å². The van der Waals surface area contributed by atoms with Gasteiger partial charge in [0.25, 0.3) is 0 Å². The van der Waals surface area contributed by atoms with Crippen molar-refractivity contribution in [1.29, 1.82) is 0 Å². The highest BCUT2D eigenvalue weighted by Crippen LogP contribution is 2.37. The molecule has 11 nitrogen and oxygen atoms in total. The van der Waals surface area contributed by atoms with Crippen molar-refractivity contribution in [2.45, 2.75) is 50.5 Å². The maximum absolute atomic E-state index is 15.6. The highest BCUT2D eigenvalue weighted by Gasteiger charge is 2.39. The van der Waals surface area contributed by atoms with Gasteiger partial charge in [-0.05, 0) is 49.5 Å². The number of ether oxygens (including phenoxy) is 4. The first kappa shape index (κ1) is 33.6. The number of aliphatic hydroxyl groups excluding tert-OH is 1. The van der Waals surface area contributed by atoms with Gasteiger partial charge in [-0.3, -0.25) is 9.89 Å². The molecule has 0 spiro atoms. The van der Waals surface area contributed by atoms with Gasteiger partial charge < -0.3 is 40.0 Å². The van der Waals surface area contributed by atoms with Crippen LogP contribution in [0.3, 0.4) is 0 Å². The summed E-state index contributed by atoms with van der Waals surface area (Å²) in [5, 5.41) is 21.5. The van der Waals surface area contributed by atoms with E-state index in [0.29, 0.717) is 68.3 Å². The summed E-state index contributed by atoms with van der Waals surface area (Å²) in [6.07, 6.45) is 13.3. The Bertz CT molecular complexity index is 1540. The van der Waals surface area contributed by atoms with E-state index in [-0.39, 0.29) is 35.4 Å². The lowest BCUT2D eigenvalue weighted by atomic mass is 9.77. The van der Waals surface area contributed by atoms with Crippen molar-refractivity contribution in [3.05, 3.63) is 82.4 Å². The molecule has 0 bridgehead atoms. The third-order valence-corrected chi connectivity index (χ3v) is 10.2. The number of aliphatic imine (C=N–C) groups is 2. The first-order valence-electron chi connectivity index (χ1n) is 17.4. The molecule has 4 aliphatic heterocycles. The summed E-state index contributed by atoms with van der Waals surface area (Å²) in [4.78, 5) is 11.6. The zero-order chi connectivity index (χ0) is 33.7. The lowest BCUT2D eigenvalue weighted by Gasteiger charge is -2.39. The van der Waals surface area contributed by atoms with Gasteiger partial charge in [-0.15, -0.1) is 0 Å². The van der Waals surface area contributed by atoms with Crippen LogP contribution in [-0.4, -0.2) is 100 Å². The SMILES string of the molecule is COC1=C(OCCCN2CCOCC2)C=C2NC=NC(OC3=CCC(NC4=NCCC5=C4C(O)C(C4C=CC(F)=CC4)CN5)C=C3F)[C@@H]2C1. The van der Waals surface area contributed by atoms with Crippen LogP contribution in [0.4, 0.5) is 8.78 Å². The molecule has 0 radical (unpaired) electrons. The third kappa shape index (κ3) is 7.63. The molecule has 13 heteroatoms. The van der Waals surface area contributed by atoms with Crippen LogP contribution in [0.5, 0.6) is 0 Å². The minimum absolute atomic E-state index is 0.00574. The highest BCUT2D eigenvalue weighted by molar-refractivity contribution is 6.01. The predicted molar refractivity (Wildman–Crippen MR) is 181 cm³/mol. The predicted octanol–water partition coefficient (Wildman–Crippen LogP) is 3.63. The Kier molecular flexibility index (Phi) is 10.5. The Morgan fingerprint density at radius 2 is 2.06 bits per heavy atom. The van der Waals surface area contributed by atoms with Gasteiger partial charge in [-0.2, -0.15) is 0 Å². The Morgan fingerprint density at radius 3 is 2.86 bits per heavy atom. The number of rotatable bonds is 10. The molecule has 4 N–H and O–H groups in total. The van der Waals surface area contributed by atoms with E-state index < -0.39 is 18.2 Å². The molecule has 5 unspecified atom stereocenters. The summed E-state index contributed by atoms with van der Waals surface area (Å²) in [5.74, 6) is 1.03. The fourth-order valence-electron chi connectivity index (χ4n) is 7.46. The number of nitrogens with zero attached hydrogens (tertiary/aromatic N) is 3. The molecule has 3 aliphatic carbocycles. The molecule has 49 heavy (non-hydrogen) atoms. The summed E-state index contributed by atoms with van der Waals surface area (Å²) in [6.45, 7) is 6.14. The summed E-state index contributed by atoms with van der Waals surface area (Å²) in [5.41, 5.74) is 2.55. The Balaban J connectivity index is 0.946. The monoisotopic (exact) mass is 680 g/mol. The van der Waals surface area contributed by atoms with E-state index in [9.17, 15) is 9.50 Å². The maximum Gasteiger partial charge on any atom is 0.200 e. The van der Waals surface area contributed by atoms with E-state index in [1.807, 2.05) is 12.2 Å². The van der Waals surface area contributed by atoms with Gasteiger partial charge in [0.05, 0.1) is 51.3 Å². The van der Waals surface area contributed by atoms with Crippen molar-refractivity contribution in [3.63, 3.8) is 0 Å². The number of dihydropyridines is 1. The van der Waals surface area contributed by atoms with E-state index >= 15 is 4.39 Å². The number of amidine groups is 1. The number of nitrogens with one attached hydrogen (secondary N) is 3. The van der Waals surface area contributed by atoms with Crippen molar-refractivity contribution in [3.8, 4) is 0 Å². The summed E-state index contributed by atoms with van der Waals surface area (Å²) < 4.78 is 52.7. The van der Waals surface area contributed by atoms with Crippen molar-refractivity contribution >= 4 is 12.2 Å². The van der Waals surface area contributed by atoms with Crippen molar-refractivity contribution < 1.29 is 32.8 Å². The second-order valence-electron chi connectivity index (χ2n) is 13.3. The van der Waals surface area contributed by atoms with E-state index in [1.165, 1.54) is 12.2 Å². The van der Waals surface area contributed by atoms with Crippen LogP contribution in [0.15, 0.2) is 92.3 Å². The van der Waals surface area contributed by atoms with Crippen molar-refractivity contribution in [1.82, 2.24) is 20.9 Å². The number of allylic oxidation sites excluding steroid dienone is 7. The van der Waals surface area contributed by atoms with E-state index in [4.69, 9.17) is 18.9 Å². The second kappa shape index (κ2) is 15.3. The molecule has 6 atom stereocenters. The molecule has 4 heterocycles. The molecule has 0 aromatic carbocycles. The fraction of sp³-hybridized carbons (Fsp3) is 0.556. The van der Waals surface area contributed by atoms with Crippen LogP contribution < -0.4 is 16.0 Å². The molecule has 264 valence electrons. The molecule has 1 saturated heterocycles. The topological polar surface area (TPSA) is 121 Å². The second-order valence-corrected chi connectivity index (χ2v) is 13.3. The van der Waals surface area contributed by atoms with E-state index in [2.05, 4.69) is 30.8 Å². The van der Waals surface area contributed by atoms with Crippen LogP contribution in [0.25, 0.3) is 0 Å². The van der Waals surface area contributed by atoms with Crippen LogP contribution in [-0.2, 0) is 18.9 Å². The molecule has 0 aromatic heterocycles. The number of halogens is 2. The van der Waals surface area contributed by atoms with Crippen molar-refractivity contribution in [2.24, 2.45) is 27.7 Å². The average Bonchev–Trinajstić information content (AvgIpc) is 3.12. The van der Waals surface area contributed by atoms with E-state index in [1.54, 1.807) is 25.6 Å². The largest absolute Gasteiger partial charge is 0.497 e. The van der Waals surface area contributed by atoms with Gasteiger partial charge in [0, 0.05) is 74.5 Å². The lowest BCUT2D eigenvalue weighted by molar-refractivity contribution is 0.0339. The molecule has 7 aliphatic rings. The zero-order valence-corrected chi connectivity index (χ0v) is 27.9. The van der Waals surface area contributed by atoms with Crippen LogP contribution in [0.2, 0.25) is 0 Å². The normalized spacial score (nSPS) is 31.6. The molecule has 1 fully saturated rings. The minimum atomic E-state index is -0.776. The molecule has 0 amide bonds. The van der Waals surface area contributed by atoms with E-state index in [0.717, 1.165) is 50.7 Å². The van der Waals surface area contributed by atoms with Crippen LogP contribution in [0, 0.1) is 17.8 Å². The Labute approximate surface area is 285 Å². The zero-order valence-electron chi connectivity index (χ0n) is 27.9. The number of morpholine rings is 1. The van der Waals surface area contributed by atoms with Gasteiger partial charge in [0.2, 0.25) is 0 Å². The number of hydrogen-bond donors (Lipinski definition) is 4. The smallest absolute Gasteiger partial charge is 0.200 e. The van der Waals surface area contributed by atoms with Gasteiger partial charge in [-0.25, -0.2) is 13.8 Å². The Hall–Kier alpha value is -3.94. The summed E-state index contributed by atoms with van der Waals surface area (Å²) in [6, 6.07) is -0.384. The van der Waals surface area contributed by atoms with Gasteiger partial charge >= 0.3 is 0 Å². The fourth-order valence-corrected chi connectivity index (χ4v) is 7.46. The van der Waals surface area contributed by atoms with Gasteiger partial charge in [0.15, 0.2) is 23.6 Å². The number of aliphatic hydroxyl groups is 1. The number of fused-ring (bicyclic) bond motifs is 1. The quantitative estimate of drug-likeness (QED) is 0.257. The summed E-state index contributed by atoms with van der Waals surface area (Å²) >= 11 is 0. The molecule has 7 rings (SSSR count). The highest BCUT2D eigenvalue weighted by atomic mass is 19.1. The van der Waals surface area contributed by atoms with Crippen LogP contribution in [0.1, 0.15) is 32.1 Å². The van der Waals surface area contributed by atoms with Gasteiger partial charge in [0.1, 0.15) is 17.4 Å². The number of hydrogen-bond acceptors (Lipinski definition) is 11. The standard InChI is InChI=1S/C36H46F2N6O5/c1-46-31-18-25-29(19-32(31)48-14-2-11-44-12-15-47-16-13-44)41-21-42-36(25)49-30-8-7-24(17-27(30)38)43-35-33-28(9-10-39-35)40-20-26(34(33)45)22-3-5-23(37)6-4-22/h3,5-6,8,17,19,21-22,24-26,34,36,40,45H,2,4,7,9-16,18,20H2,1H3,(H,39,43)(H,41,42)/t22?,24?,25-,26?,34?,36?/m1/s1. The average molecular weight is 681 g/mol. The third-order valence-electron chi connectivity index (χ3n) is 10.2. The molecular weight excluding hydrogens is 634 g/mol. The molecule has 0 saturated carbocycles. The first-order valence-corrected chi connectivity index (χ1v) is 17.4. The van der Waals surface area contributed by atoms with Gasteiger partial charge in [-0.1, -0.05) is 6.08 Å².